The fourth-order valence-electron chi connectivity index (χ4n) is 2.10. The molecule has 5 heteroatoms. The van der Waals surface area contributed by atoms with Crippen LogP contribution in [0.25, 0.3) is 0 Å². The Labute approximate surface area is 132 Å². The molecule has 0 aromatic heterocycles. The van der Waals surface area contributed by atoms with E-state index in [9.17, 15) is 8.42 Å². The summed E-state index contributed by atoms with van der Waals surface area (Å²) in [7, 11) is -3.48. The van der Waals surface area contributed by atoms with E-state index in [1.165, 1.54) is 5.56 Å². The van der Waals surface area contributed by atoms with Gasteiger partial charge in [-0.25, -0.2) is 13.1 Å². The summed E-state index contributed by atoms with van der Waals surface area (Å²) in [6.07, 6.45) is 0. The maximum Gasteiger partial charge on any atom is 0.240 e. The highest BCUT2D eigenvalue weighted by Crippen LogP contribution is 2.18. The third-order valence-electron chi connectivity index (χ3n) is 3.31. The van der Waals surface area contributed by atoms with Crippen molar-refractivity contribution in [2.45, 2.75) is 25.7 Å². The Kier molecular flexibility index (Phi) is 5.21. The quantitative estimate of drug-likeness (QED) is 0.833. The Balaban J connectivity index is 1.89. The lowest BCUT2D eigenvalue weighted by Gasteiger charge is -2.11. The summed E-state index contributed by atoms with van der Waals surface area (Å²) in [5, 5.41) is 0. The van der Waals surface area contributed by atoms with E-state index >= 15 is 0 Å². The summed E-state index contributed by atoms with van der Waals surface area (Å²) in [5.74, 6) is 0.778. The molecule has 0 spiro atoms. The van der Waals surface area contributed by atoms with Gasteiger partial charge in [-0.05, 0) is 44.5 Å². The molecule has 0 radical (unpaired) electrons. The number of ether oxygens (including phenoxy) is 1. The van der Waals surface area contributed by atoms with Crippen molar-refractivity contribution in [3.63, 3.8) is 0 Å². The molecule has 1 N–H and O–H groups in total. The molecule has 0 aliphatic heterocycles. The van der Waals surface area contributed by atoms with Crippen LogP contribution in [0.2, 0.25) is 0 Å². The van der Waals surface area contributed by atoms with Gasteiger partial charge in [0.15, 0.2) is 0 Å². The molecule has 0 saturated heterocycles. The number of aryl methyl sites for hydroxylation is 3. The molecule has 0 fully saturated rings. The number of hydrogen-bond acceptors (Lipinski definition) is 3. The lowest BCUT2D eigenvalue weighted by molar-refractivity contribution is 0.320. The van der Waals surface area contributed by atoms with E-state index < -0.39 is 10.0 Å². The molecule has 0 unspecified atom stereocenters. The average Bonchev–Trinajstić information content (AvgIpc) is 2.46. The van der Waals surface area contributed by atoms with Gasteiger partial charge in [0.05, 0.1) is 4.90 Å². The average molecular weight is 319 g/mol. The van der Waals surface area contributed by atoms with Gasteiger partial charge in [0.25, 0.3) is 0 Å². The lowest BCUT2D eigenvalue weighted by atomic mass is 10.1. The zero-order chi connectivity index (χ0) is 16.2. The van der Waals surface area contributed by atoms with Crippen LogP contribution in [0.5, 0.6) is 5.75 Å². The van der Waals surface area contributed by atoms with Gasteiger partial charge in [0.2, 0.25) is 10.0 Å². The Morgan fingerprint density at radius 2 is 1.59 bits per heavy atom. The van der Waals surface area contributed by atoms with Gasteiger partial charge in [-0.2, -0.15) is 0 Å². The van der Waals surface area contributed by atoms with Crippen LogP contribution in [0, 0.1) is 20.8 Å². The predicted molar refractivity (Wildman–Crippen MR) is 87.8 cm³/mol. The van der Waals surface area contributed by atoms with E-state index in [1.54, 1.807) is 24.3 Å². The lowest BCUT2D eigenvalue weighted by Crippen LogP contribution is -2.28. The van der Waals surface area contributed by atoms with Crippen molar-refractivity contribution >= 4 is 10.0 Å². The van der Waals surface area contributed by atoms with Crippen LogP contribution in [0.1, 0.15) is 16.7 Å². The van der Waals surface area contributed by atoms with E-state index in [4.69, 9.17) is 4.74 Å². The van der Waals surface area contributed by atoms with Gasteiger partial charge < -0.3 is 4.74 Å². The first-order valence-electron chi connectivity index (χ1n) is 7.15. The second-order valence-corrected chi connectivity index (χ2v) is 7.10. The molecule has 0 aliphatic rings. The van der Waals surface area contributed by atoms with Crippen LogP contribution < -0.4 is 9.46 Å². The highest BCUT2D eigenvalue weighted by Gasteiger charge is 2.12. The number of rotatable bonds is 6. The maximum absolute atomic E-state index is 12.1. The summed E-state index contributed by atoms with van der Waals surface area (Å²) in [4.78, 5) is 0.268. The molecule has 2 rings (SSSR count). The van der Waals surface area contributed by atoms with Crippen molar-refractivity contribution in [2.75, 3.05) is 13.2 Å². The van der Waals surface area contributed by atoms with Crippen LogP contribution in [-0.4, -0.2) is 21.6 Å². The second-order valence-electron chi connectivity index (χ2n) is 5.33. The fraction of sp³-hybridized carbons (Fsp3) is 0.294. The van der Waals surface area contributed by atoms with Gasteiger partial charge in [-0.15, -0.1) is 0 Å². The first-order valence-corrected chi connectivity index (χ1v) is 8.63. The number of sulfonamides is 1. The van der Waals surface area contributed by atoms with Gasteiger partial charge >= 0.3 is 0 Å². The molecule has 4 nitrogen and oxygen atoms in total. The first kappa shape index (κ1) is 16.5. The summed E-state index contributed by atoms with van der Waals surface area (Å²) in [5.41, 5.74) is 3.24. The van der Waals surface area contributed by atoms with Crippen LogP contribution in [0.15, 0.2) is 47.4 Å². The molecule has 0 atom stereocenters. The number of benzene rings is 2. The largest absolute Gasteiger partial charge is 0.492 e. The predicted octanol–water partition coefficient (Wildman–Crippen LogP) is 2.97. The van der Waals surface area contributed by atoms with Crippen molar-refractivity contribution in [3.05, 3.63) is 59.2 Å². The Hall–Kier alpha value is -1.85. The van der Waals surface area contributed by atoms with E-state index in [0.29, 0.717) is 0 Å². The molecular weight excluding hydrogens is 298 g/mol. The molecule has 2 aromatic carbocycles. The molecule has 0 saturated carbocycles. The summed E-state index contributed by atoms with van der Waals surface area (Å²) in [6, 6.07) is 12.7. The van der Waals surface area contributed by atoms with Crippen molar-refractivity contribution in [1.29, 1.82) is 0 Å². The van der Waals surface area contributed by atoms with E-state index in [2.05, 4.69) is 4.72 Å². The van der Waals surface area contributed by atoms with Crippen molar-refractivity contribution in [1.82, 2.24) is 4.72 Å². The highest BCUT2D eigenvalue weighted by molar-refractivity contribution is 7.89. The Morgan fingerprint density at radius 3 is 2.23 bits per heavy atom. The van der Waals surface area contributed by atoms with Crippen LogP contribution in [-0.2, 0) is 10.0 Å². The smallest absolute Gasteiger partial charge is 0.240 e. The van der Waals surface area contributed by atoms with Crippen LogP contribution in [0.3, 0.4) is 0 Å². The van der Waals surface area contributed by atoms with Gasteiger partial charge in [0, 0.05) is 6.54 Å². The third kappa shape index (κ3) is 4.32. The topological polar surface area (TPSA) is 55.4 Å². The molecule has 0 bridgehead atoms. The zero-order valence-electron chi connectivity index (χ0n) is 13.1. The summed E-state index contributed by atoms with van der Waals surface area (Å²) in [6.45, 7) is 6.42. The SMILES string of the molecule is Cc1ccc(S(=O)(=O)NCCOc2ccc(C)cc2C)cc1. The Morgan fingerprint density at radius 1 is 0.955 bits per heavy atom. The molecule has 2 aromatic rings. The van der Waals surface area contributed by atoms with Crippen LogP contribution in [0.4, 0.5) is 0 Å². The zero-order valence-corrected chi connectivity index (χ0v) is 13.9. The monoisotopic (exact) mass is 319 g/mol. The molecule has 0 heterocycles. The fourth-order valence-corrected chi connectivity index (χ4v) is 3.11. The summed E-state index contributed by atoms with van der Waals surface area (Å²) < 4.78 is 32.4. The van der Waals surface area contributed by atoms with Crippen molar-refractivity contribution in [3.8, 4) is 5.75 Å². The minimum Gasteiger partial charge on any atom is -0.492 e. The van der Waals surface area contributed by atoms with Gasteiger partial charge in [-0.3, -0.25) is 0 Å². The minimum absolute atomic E-state index is 0.226. The molecular formula is C17H21NO3S. The standard InChI is InChI=1S/C17H21NO3S/c1-13-4-7-16(8-5-13)22(19,20)18-10-11-21-17-9-6-14(2)12-15(17)3/h4-9,12,18H,10-11H2,1-3H3. The minimum atomic E-state index is -3.48. The van der Waals surface area contributed by atoms with E-state index in [0.717, 1.165) is 16.9 Å². The summed E-state index contributed by atoms with van der Waals surface area (Å²) >= 11 is 0. The van der Waals surface area contributed by atoms with Crippen LogP contribution >= 0.6 is 0 Å². The molecule has 22 heavy (non-hydrogen) atoms. The number of nitrogens with one attached hydrogen (secondary N) is 1. The maximum atomic E-state index is 12.1. The normalized spacial score (nSPS) is 11.4. The second kappa shape index (κ2) is 6.94. The number of hydrogen-bond donors (Lipinski definition) is 1. The van der Waals surface area contributed by atoms with Gasteiger partial charge in [0.1, 0.15) is 12.4 Å². The third-order valence-corrected chi connectivity index (χ3v) is 4.79. The highest BCUT2D eigenvalue weighted by atomic mass is 32.2. The molecule has 118 valence electrons. The van der Waals surface area contributed by atoms with E-state index in [-0.39, 0.29) is 18.0 Å². The van der Waals surface area contributed by atoms with Crippen molar-refractivity contribution in [2.24, 2.45) is 0 Å². The Bertz CT molecular complexity index is 737. The van der Waals surface area contributed by atoms with Gasteiger partial charge in [-0.1, -0.05) is 35.4 Å². The molecule has 0 amide bonds. The first-order chi connectivity index (χ1) is 10.4. The molecule has 0 aliphatic carbocycles. The van der Waals surface area contributed by atoms with Crippen molar-refractivity contribution < 1.29 is 13.2 Å². The van der Waals surface area contributed by atoms with E-state index in [1.807, 2.05) is 39.0 Å².